The van der Waals surface area contributed by atoms with Crippen molar-refractivity contribution in [3.8, 4) is 0 Å². The maximum atomic E-state index is 12.0. The summed E-state index contributed by atoms with van der Waals surface area (Å²) >= 11 is 0. The van der Waals surface area contributed by atoms with E-state index < -0.39 is 5.60 Å². The van der Waals surface area contributed by atoms with E-state index in [0.29, 0.717) is 5.92 Å². The van der Waals surface area contributed by atoms with Gasteiger partial charge in [-0.25, -0.2) is 4.79 Å². The number of carbonyl (C=O) groups excluding carboxylic acids is 1. The molecule has 1 aliphatic carbocycles. The van der Waals surface area contributed by atoms with Gasteiger partial charge in [0.05, 0.1) is 0 Å². The summed E-state index contributed by atoms with van der Waals surface area (Å²) in [5, 5.41) is 0. The molecule has 0 aromatic carbocycles. The van der Waals surface area contributed by atoms with Crippen LogP contribution < -0.4 is 5.73 Å². The van der Waals surface area contributed by atoms with Gasteiger partial charge < -0.3 is 15.4 Å². The number of likely N-dealkylation sites (tertiary alicyclic amines) is 1. The summed E-state index contributed by atoms with van der Waals surface area (Å²) < 4.78 is 5.41. The number of amides is 1. The first kappa shape index (κ1) is 14.6. The van der Waals surface area contributed by atoms with Crippen LogP contribution in [0.1, 0.15) is 53.9 Å². The monoisotopic (exact) mass is 268 g/mol. The van der Waals surface area contributed by atoms with Crippen LogP contribution in [0.4, 0.5) is 4.79 Å². The zero-order valence-electron chi connectivity index (χ0n) is 13.0. The fraction of sp³-hybridized carbons (Fsp3) is 0.933. The molecule has 1 aliphatic heterocycles. The van der Waals surface area contributed by atoms with E-state index in [9.17, 15) is 4.79 Å². The third-order valence-electron chi connectivity index (χ3n) is 4.74. The molecule has 1 atom stereocenters. The molecule has 4 nitrogen and oxygen atoms in total. The van der Waals surface area contributed by atoms with Crippen LogP contribution >= 0.6 is 0 Å². The summed E-state index contributed by atoms with van der Waals surface area (Å²) in [6.45, 7) is 11.7. The molecule has 1 heterocycles. The van der Waals surface area contributed by atoms with Crippen LogP contribution in [0, 0.1) is 11.3 Å². The average Bonchev–Trinajstić information content (AvgIpc) is 2.77. The van der Waals surface area contributed by atoms with Gasteiger partial charge in [0.1, 0.15) is 5.60 Å². The molecule has 2 fully saturated rings. The smallest absolute Gasteiger partial charge is 0.410 e. The number of hydrogen-bond donors (Lipinski definition) is 1. The van der Waals surface area contributed by atoms with Crippen molar-refractivity contribution in [1.29, 1.82) is 0 Å². The molecule has 19 heavy (non-hydrogen) atoms. The number of piperidine rings is 1. The van der Waals surface area contributed by atoms with Gasteiger partial charge >= 0.3 is 6.09 Å². The number of carbonyl (C=O) groups is 1. The standard InChI is InChI=1S/C15H28N2O2/c1-13(2,3)19-12(18)17-8-6-11(7-9-17)15(16)10-14(15,4)5/h11H,6-10,16H2,1-5H3. The van der Waals surface area contributed by atoms with Crippen LogP contribution in [-0.2, 0) is 4.74 Å². The molecule has 0 aromatic heterocycles. The van der Waals surface area contributed by atoms with Crippen LogP contribution in [0.25, 0.3) is 0 Å². The summed E-state index contributed by atoms with van der Waals surface area (Å²) in [6, 6.07) is 0. The Morgan fingerprint density at radius 2 is 1.74 bits per heavy atom. The van der Waals surface area contributed by atoms with Crippen molar-refractivity contribution in [3.05, 3.63) is 0 Å². The minimum atomic E-state index is -0.415. The maximum Gasteiger partial charge on any atom is 0.410 e. The van der Waals surface area contributed by atoms with Crippen molar-refractivity contribution in [2.75, 3.05) is 13.1 Å². The van der Waals surface area contributed by atoms with Crippen LogP contribution in [0.15, 0.2) is 0 Å². The fourth-order valence-electron chi connectivity index (χ4n) is 3.29. The van der Waals surface area contributed by atoms with Crippen molar-refractivity contribution < 1.29 is 9.53 Å². The van der Waals surface area contributed by atoms with Gasteiger partial charge in [-0.3, -0.25) is 0 Å². The second-order valence-electron chi connectivity index (χ2n) is 7.84. The number of nitrogens with zero attached hydrogens (tertiary/aromatic N) is 1. The van der Waals surface area contributed by atoms with Gasteiger partial charge in [0.25, 0.3) is 0 Å². The third kappa shape index (κ3) is 2.88. The topological polar surface area (TPSA) is 55.6 Å². The highest BCUT2D eigenvalue weighted by molar-refractivity contribution is 5.68. The van der Waals surface area contributed by atoms with Crippen molar-refractivity contribution in [2.24, 2.45) is 17.1 Å². The molecule has 0 radical (unpaired) electrons. The van der Waals surface area contributed by atoms with E-state index in [0.717, 1.165) is 32.4 Å². The van der Waals surface area contributed by atoms with Gasteiger partial charge in [0, 0.05) is 18.6 Å². The van der Waals surface area contributed by atoms with Crippen molar-refractivity contribution >= 4 is 6.09 Å². The Bertz CT molecular complexity index is 365. The lowest BCUT2D eigenvalue weighted by molar-refractivity contribution is 0.0164. The molecular weight excluding hydrogens is 240 g/mol. The van der Waals surface area contributed by atoms with Crippen molar-refractivity contribution in [3.63, 3.8) is 0 Å². The van der Waals surface area contributed by atoms with E-state index in [1.807, 2.05) is 25.7 Å². The predicted octanol–water partition coefficient (Wildman–Crippen LogP) is 2.76. The Hall–Kier alpha value is -0.770. The van der Waals surface area contributed by atoms with Gasteiger partial charge in [-0.15, -0.1) is 0 Å². The Morgan fingerprint density at radius 1 is 1.26 bits per heavy atom. The highest BCUT2D eigenvalue weighted by Gasteiger charge is 2.62. The second-order valence-corrected chi connectivity index (χ2v) is 7.84. The number of ether oxygens (including phenoxy) is 1. The largest absolute Gasteiger partial charge is 0.444 e. The maximum absolute atomic E-state index is 12.0. The predicted molar refractivity (Wildman–Crippen MR) is 75.8 cm³/mol. The zero-order valence-corrected chi connectivity index (χ0v) is 13.0. The zero-order chi connectivity index (χ0) is 14.5. The first-order valence-electron chi connectivity index (χ1n) is 7.32. The van der Waals surface area contributed by atoms with Gasteiger partial charge in [0.2, 0.25) is 0 Å². The van der Waals surface area contributed by atoms with E-state index in [2.05, 4.69) is 13.8 Å². The van der Waals surface area contributed by atoms with Crippen LogP contribution in [0.3, 0.4) is 0 Å². The number of hydrogen-bond acceptors (Lipinski definition) is 3. The molecule has 1 saturated carbocycles. The van der Waals surface area contributed by atoms with Crippen LogP contribution in [0.2, 0.25) is 0 Å². The summed E-state index contributed by atoms with van der Waals surface area (Å²) in [5.41, 5.74) is 6.34. The van der Waals surface area contributed by atoms with Crippen LogP contribution in [0.5, 0.6) is 0 Å². The SMILES string of the molecule is CC(C)(C)OC(=O)N1CCC(C2(N)CC2(C)C)CC1. The van der Waals surface area contributed by atoms with Crippen molar-refractivity contribution in [2.45, 2.75) is 65.0 Å². The Labute approximate surface area is 116 Å². The summed E-state index contributed by atoms with van der Waals surface area (Å²) in [4.78, 5) is 13.8. The van der Waals surface area contributed by atoms with E-state index in [4.69, 9.17) is 10.5 Å². The number of rotatable bonds is 1. The summed E-state index contributed by atoms with van der Waals surface area (Å²) in [6.07, 6.45) is 2.92. The summed E-state index contributed by atoms with van der Waals surface area (Å²) in [7, 11) is 0. The quantitative estimate of drug-likeness (QED) is 0.795. The molecule has 2 rings (SSSR count). The van der Waals surface area contributed by atoms with Gasteiger partial charge in [-0.1, -0.05) is 13.8 Å². The normalized spacial score (nSPS) is 31.2. The molecule has 2 aliphatic rings. The van der Waals surface area contributed by atoms with E-state index in [1.54, 1.807) is 0 Å². The van der Waals surface area contributed by atoms with Gasteiger partial charge in [0.15, 0.2) is 0 Å². The minimum absolute atomic E-state index is 0.00692. The minimum Gasteiger partial charge on any atom is -0.444 e. The van der Waals surface area contributed by atoms with Crippen LogP contribution in [-0.4, -0.2) is 35.2 Å². The van der Waals surface area contributed by atoms with Gasteiger partial charge in [-0.2, -0.15) is 0 Å². The first-order valence-corrected chi connectivity index (χ1v) is 7.32. The van der Waals surface area contributed by atoms with E-state index in [-0.39, 0.29) is 17.0 Å². The molecule has 0 bridgehead atoms. The summed E-state index contributed by atoms with van der Waals surface area (Å²) in [5.74, 6) is 0.543. The first-order chi connectivity index (χ1) is 8.55. The Kier molecular flexibility index (Phi) is 3.37. The van der Waals surface area contributed by atoms with E-state index >= 15 is 0 Å². The number of nitrogens with two attached hydrogens (primary N) is 1. The molecule has 110 valence electrons. The molecule has 1 unspecified atom stereocenters. The van der Waals surface area contributed by atoms with E-state index in [1.165, 1.54) is 0 Å². The molecule has 0 aromatic rings. The highest BCUT2D eigenvalue weighted by atomic mass is 16.6. The van der Waals surface area contributed by atoms with Crippen molar-refractivity contribution in [1.82, 2.24) is 4.90 Å². The lowest BCUT2D eigenvalue weighted by Crippen LogP contribution is -2.47. The lowest BCUT2D eigenvalue weighted by Gasteiger charge is -2.37. The lowest BCUT2D eigenvalue weighted by atomic mass is 9.83. The van der Waals surface area contributed by atoms with Gasteiger partial charge in [-0.05, 0) is 51.4 Å². The Morgan fingerprint density at radius 3 is 2.11 bits per heavy atom. The third-order valence-corrected chi connectivity index (χ3v) is 4.74. The molecular formula is C15H28N2O2. The molecule has 0 spiro atoms. The Balaban J connectivity index is 1.85. The molecule has 4 heteroatoms. The fourth-order valence-corrected chi connectivity index (χ4v) is 3.29. The molecule has 1 saturated heterocycles. The average molecular weight is 268 g/mol. The second kappa shape index (κ2) is 4.37. The molecule has 2 N–H and O–H groups in total. The highest BCUT2D eigenvalue weighted by Crippen LogP contribution is 2.59. The molecule has 1 amide bonds.